The number of rotatable bonds is 6. The van der Waals surface area contributed by atoms with Crippen molar-refractivity contribution in [3.63, 3.8) is 0 Å². The van der Waals surface area contributed by atoms with Crippen LogP contribution >= 0.6 is 0 Å². The number of benzene rings is 1. The molecular weight excluding hydrogens is 208 g/mol. The summed E-state index contributed by atoms with van der Waals surface area (Å²) in [6.07, 6.45) is 0. The minimum atomic E-state index is -0.228. The fraction of sp³-hybridized carbons (Fsp3) is 0.364. The predicted molar refractivity (Wildman–Crippen MR) is 62.2 cm³/mol. The molecule has 5 heteroatoms. The van der Waals surface area contributed by atoms with Crippen molar-refractivity contribution < 1.29 is 14.3 Å². The molecule has 1 amide bonds. The van der Waals surface area contributed by atoms with Gasteiger partial charge in [0.1, 0.15) is 6.61 Å². The third kappa shape index (κ3) is 4.29. The summed E-state index contributed by atoms with van der Waals surface area (Å²) >= 11 is 0. The number of ether oxygens (including phenoxy) is 2. The first-order valence-corrected chi connectivity index (χ1v) is 4.95. The van der Waals surface area contributed by atoms with Gasteiger partial charge in [0, 0.05) is 7.11 Å². The van der Waals surface area contributed by atoms with E-state index in [1.807, 2.05) is 0 Å². The lowest BCUT2D eigenvalue weighted by molar-refractivity contribution is -0.121. The van der Waals surface area contributed by atoms with Crippen LogP contribution in [0.1, 0.15) is 0 Å². The summed E-state index contributed by atoms with van der Waals surface area (Å²) < 4.78 is 9.85. The number of hydrogen-bond donors (Lipinski definition) is 2. The summed E-state index contributed by atoms with van der Waals surface area (Å²) in [6, 6.07) is 7.07. The summed E-state index contributed by atoms with van der Waals surface area (Å²) in [7, 11) is 1.58. The lowest BCUT2D eigenvalue weighted by Crippen LogP contribution is -2.20. The Bertz CT molecular complexity index is 342. The maximum absolute atomic E-state index is 11.4. The minimum Gasteiger partial charge on any atom is -0.397 e. The van der Waals surface area contributed by atoms with Crippen molar-refractivity contribution >= 4 is 17.3 Å². The van der Waals surface area contributed by atoms with Crippen LogP contribution in [0.4, 0.5) is 11.4 Å². The van der Waals surface area contributed by atoms with Gasteiger partial charge in [-0.05, 0) is 12.1 Å². The fourth-order valence-electron chi connectivity index (χ4n) is 1.10. The maximum atomic E-state index is 11.4. The van der Waals surface area contributed by atoms with Crippen molar-refractivity contribution in [3.8, 4) is 0 Å². The van der Waals surface area contributed by atoms with E-state index in [0.717, 1.165) is 0 Å². The van der Waals surface area contributed by atoms with Crippen LogP contribution in [0.5, 0.6) is 0 Å². The highest BCUT2D eigenvalue weighted by Gasteiger charge is 2.04. The molecule has 0 aliphatic rings. The van der Waals surface area contributed by atoms with E-state index in [1.165, 1.54) is 0 Å². The molecular formula is C11H16N2O3. The second-order valence-corrected chi connectivity index (χ2v) is 3.18. The molecule has 1 aromatic rings. The van der Waals surface area contributed by atoms with Crippen LogP contribution in [0.3, 0.4) is 0 Å². The van der Waals surface area contributed by atoms with Crippen LogP contribution in [-0.4, -0.2) is 32.8 Å². The Morgan fingerprint density at radius 1 is 1.38 bits per heavy atom. The van der Waals surface area contributed by atoms with E-state index in [2.05, 4.69) is 5.32 Å². The van der Waals surface area contributed by atoms with Gasteiger partial charge in [-0.25, -0.2) is 0 Å². The second kappa shape index (κ2) is 6.81. The largest absolute Gasteiger partial charge is 0.397 e. The van der Waals surface area contributed by atoms with Gasteiger partial charge in [0.25, 0.3) is 0 Å². The van der Waals surface area contributed by atoms with Gasteiger partial charge in [0.15, 0.2) is 0 Å². The molecule has 3 N–H and O–H groups in total. The third-order valence-electron chi connectivity index (χ3n) is 1.90. The first-order valence-electron chi connectivity index (χ1n) is 4.95. The molecule has 88 valence electrons. The molecule has 0 bridgehead atoms. The van der Waals surface area contributed by atoms with Crippen molar-refractivity contribution in [1.82, 2.24) is 0 Å². The van der Waals surface area contributed by atoms with E-state index < -0.39 is 0 Å². The highest BCUT2D eigenvalue weighted by Crippen LogP contribution is 2.16. The Balaban J connectivity index is 2.32. The first-order chi connectivity index (χ1) is 7.74. The highest BCUT2D eigenvalue weighted by atomic mass is 16.5. The first kappa shape index (κ1) is 12.5. The number of carbonyl (C=O) groups is 1. The van der Waals surface area contributed by atoms with Gasteiger partial charge in [-0.3, -0.25) is 4.79 Å². The quantitative estimate of drug-likeness (QED) is 0.555. The van der Waals surface area contributed by atoms with Gasteiger partial charge >= 0.3 is 0 Å². The van der Waals surface area contributed by atoms with Crippen molar-refractivity contribution in [1.29, 1.82) is 0 Å². The van der Waals surface area contributed by atoms with E-state index in [9.17, 15) is 4.79 Å². The van der Waals surface area contributed by atoms with Gasteiger partial charge < -0.3 is 20.5 Å². The van der Waals surface area contributed by atoms with E-state index in [1.54, 1.807) is 31.4 Å². The Hall–Kier alpha value is -1.59. The fourth-order valence-corrected chi connectivity index (χ4v) is 1.10. The van der Waals surface area contributed by atoms with E-state index in [-0.39, 0.29) is 12.5 Å². The number of hydrogen-bond acceptors (Lipinski definition) is 4. The van der Waals surface area contributed by atoms with Crippen molar-refractivity contribution in [2.45, 2.75) is 0 Å². The molecule has 0 saturated carbocycles. The number of nitrogens with two attached hydrogens (primary N) is 1. The average molecular weight is 224 g/mol. The molecule has 0 fully saturated rings. The zero-order valence-electron chi connectivity index (χ0n) is 9.23. The molecule has 1 rings (SSSR count). The van der Waals surface area contributed by atoms with Crippen molar-refractivity contribution in [3.05, 3.63) is 24.3 Å². The summed E-state index contributed by atoms with van der Waals surface area (Å²) in [5.74, 6) is -0.228. The molecule has 0 saturated heterocycles. The normalized spacial score (nSPS) is 10.1. The molecule has 16 heavy (non-hydrogen) atoms. The van der Waals surface area contributed by atoms with Crippen LogP contribution in [-0.2, 0) is 14.3 Å². The predicted octanol–water partition coefficient (Wildman–Crippen LogP) is 0.870. The van der Waals surface area contributed by atoms with E-state index in [0.29, 0.717) is 24.6 Å². The topological polar surface area (TPSA) is 73.6 Å². The lowest BCUT2D eigenvalue weighted by Gasteiger charge is -2.07. The van der Waals surface area contributed by atoms with Crippen LogP contribution < -0.4 is 11.1 Å². The summed E-state index contributed by atoms with van der Waals surface area (Å²) in [5.41, 5.74) is 6.80. The van der Waals surface area contributed by atoms with Gasteiger partial charge in [0.2, 0.25) is 5.91 Å². The Morgan fingerprint density at radius 2 is 2.12 bits per heavy atom. The molecule has 0 aromatic heterocycles. The van der Waals surface area contributed by atoms with Crippen molar-refractivity contribution in [2.75, 3.05) is 38.0 Å². The number of nitrogens with one attached hydrogen (secondary N) is 1. The molecule has 0 unspecified atom stereocenters. The molecule has 0 aliphatic heterocycles. The Morgan fingerprint density at radius 3 is 2.81 bits per heavy atom. The minimum absolute atomic E-state index is 0.00229. The molecule has 0 heterocycles. The van der Waals surface area contributed by atoms with Gasteiger partial charge in [-0.2, -0.15) is 0 Å². The molecule has 0 spiro atoms. The monoisotopic (exact) mass is 224 g/mol. The number of anilines is 2. The van der Waals surface area contributed by atoms with Gasteiger partial charge in [0.05, 0.1) is 24.6 Å². The summed E-state index contributed by atoms with van der Waals surface area (Å²) in [6.45, 7) is 0.868. The number of methoxy groups -OCH3 is 1. The van der Waals surface area contributed by atoms with Crippen LogP contribution in [0.25, 0.3) is 0 Å². The number of carbonyl (C=O) groups excluding carboxylic acids is 1. The molecule has 1 aromatic carbocycles. The van der Waals surface area contributed by atoms with Crippen molar-refractivity contribution in [2.24, 2.45) is 0 Å². The molecule has 5 nitrogen and oxygen atoms in total. The molecule has 0 atom stereocenters. The van der Waals surface area contributed by atoms with Crippen LogP contribution in [0.2, 0.25) is 0 Å². The number of para-hydroxylation sites is 2. The zero-order valence-corrected chi connectivity index (χ0v) is 9.23. The van der Waals surface area contributed by atoms with Gasteiger partial charge in [-0.15, -0.1) is 0 Å². The van der Waals surface area contributed by atoms with E-state index in [4.69, 9.17) is 15.2 Å². The SMILES string of the molecule is COCCOCC(=O)Nc1ccccc1N. The molecule has 0 radical (unpaired) electrons. The average Bonchev–Trinajstić information content (AvgIpc) is 2.28. The number of nitrogen functional groups attached to an aromatic ring is 1. The number of amides is 1. The van der Waals surface area contributed by atoms with Crippen LogP contribution in [0.15, 0.2) is 24.3 Å². The smallest absolute Gasteiger partial charge is 0.250 e. The Kier molecular flexibility index (Phi) is 5.31. The van der Waals surface area contributed by atoms with E-state index >= 15 is 0 Å². The summed E-state index contributed by atoms with van der Waals surface area (Å²) in [5, 5.41) is 2.66. The Labute approximate surface area is 94.5 Å². The lowest BCUT2D eigenvalue weighted by atomic mass is 10.3. The molecule has 0 aliphatic carbocycles. The summed E-state index contributed by atoms with van der Waals surface area (Å²) in [4.78, 5) is 11.4. The highest BCUT2D eigenvalue weighted by molar-refractivity contribution is 5.94. The third-order valence-corrected chi connectivity index (χ3v) is 1.90. The van der Waals surface area contributed by atoms with Crippen LogP contribution in [0, 0.1) is 0 Å². The second-order valence-electron chi connectivity index (χ2n) is 3.18. The maximum Gasteiger partial charge on any atom is 0.250 e. The van der Waals surface area contributed by atoms with Gasteiger partial charge in [-0.1, -0.05) is 12.1 Å². The standard InChI is InChI=1S/C11H16N2O3/c1-15-6-7-16-8-11(14)13-10-5-3-2-4-9(10)12/h2-5H,6-8,12H2,1H3,(H,13,14). The zero-order chi connectivity index (χ0) is 11.8.